The Bertz CT molecular complexity index is 970. The Balaban J connectivity index is 2.10. The van der Waals surface area contributed by atoms with E-state index in [1.54, 1.807) is 44.2 Å². The molecular weight excluding hydrogens is 399 g/mol. The Morgan fingerprint density at radius 3 is 2.46 bits per heavy atom. The van der Waals surface area contributed by atoms with Gasteiger partial charge in [-0.05, 0) is 45.0 Å². The van der Waals surface area contributed by atoms with Crippen molar-refractivity contribution in [1.29, 1.82) is 0 Å². The monoisotopic (exact) mass is 418 g/mol. The summed E-state index contributed by atoms with van der Waals surface area (Å²) in [6.45, 7) is 5.99. The van der Waals surface area contributed by atoms with E-state index in [1.165, 1.54) is 4.90 Å². The van der Waals surface area contributed by atoms with Crippen molar-refractivity contribution in [2.45, 2.75) is 26.8 Å². The van der Waals surface area contributed by atoms with Gasteiger partial charge in [0.1, 0.15) is 11.4 Å². The second-order valence-corrected chi connectivity index (χ2v) is 7.38. The number of nitrogens with one attached hydrogen (secondary N) is 1. The van der Waals surface area contributed by atoms with Crippen LogP contribution < -0.4 is 10.1 Å². The summed E-state index contributed by atoms with van der Waals surface area (Å²) in [5.41, 5.74) is 1.49. The van der Waals surface area contributed by atoms with Gasteiger partial charge < -0.3 is 10.1 Å². The van der Waals surface area contributed by atoms with E-state index in [4.69, 9.17) is 27.9 Å². The molecule has 0 aromatic heterocycles. The first-order chi connectivity index (χ1) is 13.3. The van der Waals surface area contributed by atoms with Gasteiger partial charge in [-0.2, -0.15) is 0 Å². The van der Waals surface area contributed by atoms with Crippen molar-refractivity contribution in [3.63, 3.8) is 0 Å². The summed E-state index contributed by atoms with van der Waals surface area (Å²) in [5.74, 6) is -0.132. The van der Waals surface area contributed by atoms with Gasteiger partial charge in [-0.15, -0.1) is 0 Å². The van der Waals surface area contributed by atoms with Gasteiger partial charge in [0.15, 0.2) is 0 Å². The fourth-order valence-electron chi connectivity index (χ4n) is 3.05. The smallest absolute Gasteiger partial charge is 0.278 e. The summed E-state index contributed by atoms with van der Waals surface area (Å²) >= 11 is 12.3. The number of hydrogen-bond acceptors (Lipinski definition) is 4. The summed E-state index contributed by atoms with van der Waals surface area (Å²) in [6.07, 6.45) is 0. The van der Waals surface area contributed by atoms with E-state index in [0.717, 1.165) is 0 Å². The second kappa shape index (κ2) is 8.25. The molecule has 2 amide bonds. The summed E-state index contributed by atoms with van der Waals surface area (Å²) in [5, 5.41) is 3.84. The Morgan fingerprint density at radius 1 is 1.07 bits per heavy atom. The van der Waals surface area contributed by atoms with Gasteiger partial charge in [0.25, 0.3) is 11.8 Å². The number of carbonyl (C=O) groups excluding carboxylic acids is 2. The number of halogens is 2. The molecule has 7 heteroatoms. The first-order valence-corrected chi connectivity index (χ1v) is 9.66. The average Bonchev–Trinajstić information content (AvgIpc) is 2.86. The molecular formula is C21H20Cl2N2O3. The zero-order valence-corrected chi connectivity index (χ0v) is 17.3. The Morgan fingerprint density at radius 2 is 1.82 bits per heavy atom. The van der Waals surface area contributed by atoms with Crippen molar-refractivity contribution in [2.24, 2.45) is 0 Å². The zero-order chi connectivity index (χ0) is 20.4. The number of amides is 2. The van der Waals surface area contributed by atoms with Gasteiger partial charge in [-0.1, -0.05) is 35.3 Å². The van der Waals surface area contributed by atoms with Crippen LogP contribution in [-0.2, 0) is 9.59 Å². The third-order valence-electron chi connectivity index (χ3n) is 4.25. The van der Waals surface area contributed by atoms with Crippen molar-refractivity contribution in [2.75, 3.05) is 11.9 Å². The van der Waals surface area contributed by atoms with E-state index in [1.807, 2.05) is 19.1 Å². The first-order valence-electron chi connectivity index (χ1n) is 8.91. The van der Waals surface area contributed by atoms with Crippen molar-refractivity contribution < 1.29 is 14.3 Å². The molecule has 1 aliphatic heterocycles. The molecule has 0 atom stereocenters. The minimum absolute atomic E-state index is 0.177. The standard InChI is InChI=1S/C21H20Cl2N2O3/c1-4-28-15-7-5-6-14(11-15)24-19-18(16-9-8-13(22)10-17(16)23)20(26)25(12(2)3)21(19)27/h5-12,24H,4H2,1-3H3. The number of nitrogens with zero attached hydrogens (tertiary/aromatic N) is 1. The number of rotatable bonds is 6. The highest BCUT2D eigenvalue weighted by Gasteiger charge is 2.41. The highest BCUT2D eigenvalue weighted by Crippen LogP contribution is 2.36. The number of anilines is 1. The predicted octanol–water partition coefficient (Wildman–Crippen LogP) is 4.99. The van der Waals surface area contributed by atoms with E-state index in [0.29, 0.717) is 33.7 Å². The zero-order valence-electron chi connectivity index (χ0n) is 15.8. The molecule has 146 valence electrons. The van der Waals surface area contributed by atoms with E-state index >= 15 is 0 Å². The van der Waals surface area contributed by atoms with Crippen molar-refractivity contribution in [3.8, 4) is 5.75 Å². The number of carbonyl (C=O) groups is 2. The normalized spacial score (nSPS) is 14.3. The molecule has 0 radical (unpaired) electrons. The Labute approximate surface area is 173 Å². The minimum Gasteiger partial charge on any atom is -0.494 e. The largest absolute Gasteiger partial charge is 0.494 e. The number of ether oxygens (including phenoxy) is 1. The van der Waals surface area contributed by atoms with E-state index in [2.05, 4.69) is 5.32 Å². The molecule has 1 N–H and O–H groups in total. The predicted molar refractivity (Wildman–Crippen MR) is 112 cm³/mol. The molecule has 3 rings (SSSR count). The SMILES string of the molecule is CCOc1cccc(NC2=C(c3ccc(Cl)cc3Cl)C(=O)N(C(C)C)C2=O)c1. The lowest BCUT2D eigenvalue weighted by atomic mass is 10.0. The van der Waals surface area contributed by atoms with Crippen LogP contribution in [0.2, 0.25) is 10.0 Å². The van der Waals surface area contributed by atoms with Crippen LogP contribution >= 0.6 is 23.2 Å². The third kappa shape index (κ3) is 3.86. The highest BCUT2D eigenvalue weighted by atomic mass is 35.5. The maximum absolute atomic E-state index is 13.1. The van der Waals surface area contributed by atoms with Crippen molar-refractivity contribution >= 4 is 46.3 Å². The van der Waals surface area contributed by atoms with Crippen molar-refractivity contribution in [1.82, 2.24) is 4.90 Å². The van der Waals surface area contributed by atoms with Crippen LogP contribution in [0.1, 0.15) is 26.3 Å². The Hall–Kier alpha value is -2.50. The summed E-state index contributed by atoms with van der Waals surface area (Å²) in [4.78, 5) is 27.3. The Kier molecular flexibility index (Phi) is 5.96. The molecule has 0 saturated heterocycles. The van der Waals surface area contributed by atoms with E-state index in [-0.39, 0.29) is 17.3 Å². The molecule has 2 aromatic carbocycles. The average molecular weight is 419 g/mol. The summed E-state index contributed by atoms with van der Waals surface area (Å²) in [7, 11) is 0. The molecule has 0 aliphatic carbocycles. The minimum atomic E-state index is -0.400. The third-order valence-corrected chi connectivity index (χ3v) is 4.79. The van der Waals surface area contributed by atoms with Gasteiger partial charge >= 0.3 is 0 Å². The van der Waals surface area contributed by atoms with E-state index in [9.17, 15) is 9.59 Å². The molecule has 5 nitrogen and oxygen atoms in total. The molecule has 0 unspecified atom stereocenters. The molecule has 1 aliphatic rings. The number of imide groups is 1. The lowest BCUT2D eigenvalue weighted by Crippen LogP contribution is -2.38. The van der Waals surface area contributed by atoms with Crippen LogP contribution in [0.25, 0.3) is 5.57 Å². The van der Waals surface area contributed by atoms with Crippen molar-refractivity contribution in [3.05, 3.63) is 63.8 Å². The number of benzene rings is 2. The van der Waals surface area contributed by atoms with Crippen LogP contribution in [0.4, 0.5) is 5.69 Å². The van der Waals surface area contributed by atoms with Crippen LogP contribution in [0.15, 0.2) is 48.2 Å². The van der Waals surface area contributed by atoms with Gasteiger partial charge in [0, 0.05) is 28.4 Å². The van der Waals surface area contributed by atoms with Crippen LogP contribution in [0, 0.1) is 0 Å². The maximum atomic E-state index is 13.1. The highest BCUT2D eigenvalue weighted by molar-refractivity contribution is 6.41. The van der Waals surface area contributed by atoms with Crippen LogP contribution in [0.5, 0.6) is 5.75 Å². The van der Waals surface area contributed by atoms with Gasteiger partial charge in [0.05, 0.1) is 17.2 Å². The maximum Gasteiger partial charge on any atom is 0.278 e. The van der Waals surface area contributed by atoms with E-state index < -0.39 is 11.8 Å². The molecule has 0 saturated carbocycles. The fourth-order valence-corrected chi connectivity index (χ4v) is 3.55. The van der Waals surface area contributed by atoms with Gasteiger partial charge in [0.2, 0.25) is 0 Å². The lowest BCUT2D eigenvalue weighted by Gasteiger charge is -2.19. The molecule has 0 fully saturated rings. The first kappa shape index (κ1) is 20.2. The molecule has 2 aromatic rings. The number of hydrogen-bond donors (Lipinski definition) is 1. The van der Waals surface area contributed by atoms with Gasteiger partial charge in [-0.3, -0.25) is 14.5 Å². The van der Waals surface area contributed by atoms with Crippen LogP contribution in [-0.4, -0.2) is 29.4 Å². The molecule has 0 bridgehead atoms. The fraction of sp³-hybridized carbons (Fsp3) is 0.238. The lowest BCUT2D eigenvalue weighted by molar-refractivity contribution is -0.138. The van der Waals surface area contributed by atoms with Gasteiger partial charge in [-0.25, -0.2) is 0 Å². The molecule has 28 heavy (non-hydrogen) atoms. The second-order valence-electron chi connectivity index (χ2n) is 6.53. The summed E-state index contributed by atoms with van der Waals surface area (Å²) < 4.78 is 5.51. The topological polar surface area (TPSA) is 58.6 Å². The van der Waals surface area contributed by atoms with Crippen LogP contribution in [0.3, 0.4) is 0 Å². The quantitative estimate of drug-likeness (QED) is 0.670. The molecule has 0 spiro atoms. The summed E-state index contributed by atoms with van der Waals surface area (Å²) in [6, 6.07) is 11.7. The molecule has 1 heterocycles.